The molecule has 0 spiro atoms. The predicted molar refractivity (Wildman–Crippen MR) is 167 cm³/mol. The molecule has 3 aromatic heterocycles. The quantitative estimate of drug-likeness (QED) is 0.326. The van der Waals surface area contributed by atoms with Gasteiger partial charge in [-0.15, -0.1) is 0 Å². The van der Waals surface area contributed by atoms with Gasteiger partial charge in [-0.3, -0.25) is 4.79 Å². The highest BCUT2D eigenvalue weighted by Gasteiger charge is 2.31. The Labute approximate surface area is 257 Å². The molecule has 2 fully saturated rings. The fourth-order valence-corrected chi connectivity index (χ4v) is 6.03. The first kappa shape index (κ1) is 30.2. The third-order valence-corrected chi connectivity index (χ3v) is 8.79. The van der Waals surface area contributed by atoms with E-state index in [1.165, 1.54) is 0 Å². The van der Waals surface area contributed by atoms with E-state index in [0.717, 1.165) is 56.1 Å². The fourth-order valence-electron chi connectivity index (χ4n) is 6.03. The molecule has 3 aromatic rings. The molecular weight excluding hydrogens is 566 g/mol. The second-order valence-corrected chi connectivity index (χ2v) is 11.5. The van der Waals surface area contributed by atoms with E-state index in [4.69, 9.17) is 34.1 Å². The third-order valence-electron chi connectivity index (χ3n) is 8.79. The van der Waals surface area contributed by atoms with Crippen molar-refractivity contribution in [2.75, 3.05) is 114 Å². The van der Waals surface area contributed by atoms with Crippen LogP contribution in [0.15, 0.2) is 6.33 Å². The zero-order valence-electron chi connectivity index (χ0n) is 26.2. The number of hydrogen-bond donors (Lipinski definition) is 1. The van der Waals surface area contributed by atoms with E-state index in [0.29, 0.717) is 74.7 Å². The number of imidazole rings is 1. The number of aromatic nitrogens is 6. The lowest BCUT2D eigenvalue weighted by Crippen LogP contribution is -2.49. The van der Waals surface area contributed by atoms with Crippen LogP contribution in [0.25, 0.3) is 11.0 Å². The molecule has 1 amide bonds. The number of amides is 1. The third kappa shape index (κ3) is 6.21. The van der Waals surface area contributed by atoms with Gasteiger partial charge in [-0.05, 0) is 12.8 Å². The molecule has 15 heteroatoms. The number of H-pyrrole nitrogens is 1. The van der Waals surface area contributed by atoms with Crippen molar-refractivity contribution < 1.29 is 19.0 Å². The Kier molecular flexibility index (Phi) is 9.23. The number of aromatic amines is 1. The second-order valence-electron chi connectivity index (χ2n) is 11.5. The molecule has 44 heavy (non-hydrogen) atoms. The summed E-state index contributed by atoms with van der Waals surface area (Å²) in [6.07, 6.45) is 4.53. The maximum Gasteiger partial charge on any atom is 0.241 e. The summed E-state index contributed by atoms with van der Waals surface area (Å²) in [5.41, 5.74) is 3.47. The SMILES string of the molecule is COCCN(CCOC)c1nc(N2CCC(OC)CC2)c2nc(N3CCc4nc[nH]c4C3)nc(N3CCN(C)C(=O)C3)c2n1. The molecule has 3 aliphatic rings. The molecule has 1 N–H and O–H groups in total. The highest BCUT2D eigenvalue weighted by molar-refractivity contribution is 5.96. The summed E-state index contributed by atoms with van der Waals surface area (Å²) >= 11 is 0. The monoisotopic (exact) mass is 609 g/mol. The molecule has 0 saturated carbocycles. The molecule has 0 unspecified atom stereocenters. The Bertz CT molecular complexity index is 1440. The van der Waals surface area contributed by atoms with E-state index in [2.05, 4.69) is 24.7 Å². The minimum atomic E-state index is 0.0441. The number of methoxy groups -OCH3 is 3. The van der Waals surface area contributed by atoms with Crippen molar-refractivity contribution in [3.63, 3.8) is 0 Å². The van der Waals surface area contributed by atoms with Crippen molar-refractivity contribution in [2.24, 2.45) is 0 Å². The molecular formula is C29H43N11O4. The standard InChI is InChI=1S/C29H43N11O4/c1-36-11-12-39(18-23(36)41)27-25-24(33-29(35-27)40-10-7-21-22(17-40)31-19-30-21)26(37-8-5-20(44-4)6-9-37)34-28(32-25)38(13-15-42-2)14-16-43-3/h19-20H,5-18H2,1-4H3,(H,30,31). The summed E-state index contributed by atoms with van der Waals surface area (Å²) in [4.78, 5) is 51.6. The summed E-state index contributed by atoms with van der Waals surface area (Å²) in [5, 5.41) is 0. The smallest absolute Gasteiger partial charge is 0.241 e. The average molecular weight is 610 g/mol. The first-order valence-corrected chi connectivity index (χ1v) is 15.3. The lowest BCUT2D eigenvalue weighted by atomic mass is 10.1. The van der Waals surface area contributed by atoms with Crippen molar-refractivity contribution in [3.8, 4) is 0 Å². The van der Waals surface area contributed by atoms with Crippen LogP contribution in [-0.2, 0) is 32.0 Å². The number of ether oxygens (including phenoxy) is 3. The number of carbonyl (C=O) groups is 1. The van der Waals surface area contributed by atoms with Gasteiger partial charge in [0.2, 0.25) is 17.8 Å². The second kappa shape index (κ2) is 13.4. The first-order chi connectivity index (χ1) is 21.5. The molecule has 6 heterocycles. The van der Waals surface area contributed by atoms with Gasteiger partial charge in [0.1, 0.15) is 11.0 Å². The largest absolute Gasteiger partial charge is 0.383 e. The van der Waals surface area contributed by atoms with Crippen molar-refractivity contribution in [1.29, 1.82) is 0 Å². The molecule has 2 saturated heterocycles. The number of rotatable bonds is 11. The van der Waals surface area contributed by atoms with Crippen molar-refractivity contribution in [2.45, 2.75) is 31.9 Å². The Hall–Kier alpha value is -3.82. The maximum atomic E-state index is 12.9. The zero-order chi connectivity index (χ0) is 30.6. The minimum absolute atomic E-state index is 0.0441. The van der Waals surface area contributed by atoms with Crippen LogP contribution >= 0.6 is 0 Å². The van der Waals surface area contributed by atoms with Gasteiger partial charge in [0.25, 0.3) is 0 Å². The Morgan fingerprint density at radius 2 is 1.59 bits per heavy atom. The number of fused-ring (bicyclic) bond motifs is 2. The van der Waals surface area contributed by atoms with Crippen LogP contribution in [0.4, 0.5) is 23.5 Å². The molecule has 6 rings (SSSR count). The minimum Gasteiger partial charge on any atom is -0.383 e. The number of likely N-dealkylation sites (N-methyl/N-ethyl adjacent to an activating group) is 1. The summed E-state index contributed by atoms with van der Waals surface area (Å²) in [5.74, 6) is 2.62. The van der Waals surface area contributed by atoms with Gasteiger partial charge >= 0.3 is 0 Å². The topological polar surface area (TPSA) is 141 Å². The zero-order valence-corrected chi connectivity index (χ0v) is 26.2. The van der Waals surface area contributed by atoms with Gasteiger partial charge in [0, 0.05) is 80.6 Å². The van der Waals surface area contributed by atoms with Crippen LogP contribution in [0.1, 0.15) is 24.2 Å². The van der Waals surface area contributed by atoms with E-state index < -0.39 is 0 Å². The highest BCUT2D eigenvalue weighted by Crippen LogP contribution is 2.35. The fraction of sp³-hybridized carbons (Fsp3) is 0.655. The highest BCUT2D eigenvalue weighted by atomic mass is 16.5. The normalized spacial score (nSPS) is 18.0. The van der Waals surface area contributed by atoms with Crippen LogP contribution in [-0.4, -0.2) is 141 Å². The number of anilines is 4. The van der Waals surface area contributed by atoms with Gasteiger partial charge in [0.15, 0.2) is 11.6 Å². The first-order valence-electron chi connectivity index (χ1n) is 15.3. The number of nitrogens with one attached hydrogen (secondary N) is 1. The molecule has 0 aliphatic carbocycles. The van der Waals surface area contributed by atoms with Crippen LogP contribution < -0.4 is 19.6 Å². The lowest BCUT2D eigenvalue weighted by molar-refractivity contribution is -0.129. The van der Waals surface area contributed by atoms with Crippen LogP contribution in [0, 0.1) is 0 Å². The number of nitrogens with zero attached hydrogens (tertiary/aromatic N) is 10. The van der Waals surface area contributed by atoms with Gasteiger partial charge in [0.05, 0.1) is 50.1 Å². The maximum absolute atomic E-state index is 12.9. The molecule has 0 radical (unpaired) electrons. The predicted octanol–water partition coefficient (Wildman–Crippen LogP) is 0.698. The van der Waals surface area contributed by atoms with Crippen molar-refractivity contribution >= 4 is 40.5 Å². The summed E-state index contributed by atoms with van der Waals surface area (Å²) in [6.45, 7) is 6.60. The van der Waals surface area contributed by atoms with E-state index >= 15 is 0 Å². The number of piperazine rings is 1. The Morgan fingerprint density at radius 1 is 0.864 bits per heavy atom. The Morgan fingerprint density at radius 3 is 2.30 bits per heavy atom. The molecule has 0 bridgehead atoms. The average Bonchev–Trinajstić information content (AvgIpc) is 3.53. The summed E-state index contributed by atoms with van der Waals surface area (Å²) in [7, 11) is 6.98. The van der Waals surface area contributed by atoms with E-state index in [1.807, 2.05) is 11.9 Å². The molecule has 0 atom stereocenters. The van der Waals surface area contributed by atoms with Gasteiger partial charge in [-0.1, -0.05) is 0 Å². The van der Waals surface area contributed by atoms with Crippen LogP contribution in [0.3, 0.4) is 0 Å². The van der Waals surface area contributed by atoms with Crippen LogP contribution in [0.2, 0.25) is 0 Å². The van der Waals surface area contributed by atoms with Crippen LogP contribution in [0.5, 0.6) is 0 Å². The van der Waals surface area contributed by atoms with Gasteiger partial charge < -0.3 is 43.7 Å². The summed E-state index contributed by atoms with van der Waals surface area (Å²) in [6, 6.07) is 0. The Balaban J connectivity index is 1.51. The van der Waals surface area contributed by atoms with E-state index in [9.17, 15) is 4.79 Å². The number of carbonyl (C=O) groups excluding carboxylic acids is 1. The molecule has 15 nitrogen and oxygen atoms in total. The number of hydrogen-bond acceptors (Lipinski definition) is 13. The molecule has 238 valence electrons. The van der Waals surface area contributed by atoms with Crippen molar-refractivity contribution in [3.05, 3.63) is 17.7 Å². The van der Waals surface area contributed by atoms with Gasteiger partial charge in [-0.2, -0.15) is 9.97 Å². The molecule has 0 aromatic carbocycles. The number of piperidine rings is 1. The van der Waals surface area contributed by atoms with E-state index in [1.54, 1.807) is 32.6 Å². The van der Waals surface area contributed by atoms with Gasteiger partial charge in [-0.25, -0.2) is 15.0 Å². The van der Waals surface area contributed by atoms with E-state index in [-0.39, 0.29) is 18.6 Å². The van der Waals surface area contributed by atoms with Crippen molar-refractivity contribution in [1.82, 2.24) is 34.8 Å². The summed E-state index contributed by atoms with van der Waals surface area (Å²) < 4.78 is 16.5. The molecule has 3 aliphatic heterocycles. The lowest BCUT2D eigenvalue weighted by Gasteiger charge is -2.35.